The van der Waals surface area contributed by atoms with Gasteiger partial charge >= 0.3 is 0 Å². The van der Waals surface area contributed by atoms with Crippen molar-refractivity contribution in [1.82, 2.24) is 15.1 Å². The summed E-state index contributed by atoms with van der Waals surface area (Å²) in [4.78, 5) is 11.9. The summed E-state index contributed by atoms with van der Waals surface area (Å²) in [6.07, 6.45) is 1.47. The lowest BCUT2D eigenvalue weighted by Crippen LogP contribution is -2.23. The Balaban J connectivity index is 2.09. The lowest BCUT2D eigenvalue weighted by Gasteiger charge is -2.04. The van der Waals surface area contributed by atoms with Gasteiger partial charge in [0.2, 0.25) is 0 Å². The first-order valence-electron chi connectivity index (χ1n) is 5.51. The first-order valence-corrected chi connectivity index (χ1v) is 6.30. The highest BCUT2D eigenvalue weighted by atomic mass is 79.9. The molecule has 0 spiro atoms. The summed E-state index contributed by atoms with van der Waals surface area (Å²) in [5.74, 6) is -0.168. The van der Waals surface area contributed by atoms with Gasteiger partial charge in [-0.2, -0.15) is 5.10 Å². The Morgan fingerprint density at radius 2 is 2.28 bits per heavy atom. The van der Waals surface area contributed by atoms with E-state index in [2.05, 4.69) is 26.3 Å². The van der Waals surface area contributed by atoms with Crippen molar-refractivity contribution in [3.63, 3.8) is 0 Å². The summed E-state index contributed by atoms with van der Waals surface area (Å²) in [6, 6.07) is 1.63. The van der Waals surface area contributed by atoms with Gasteiger partial charge in [-0.1, -0.05) is 0 Å². The second kappa shape index (κ2) is 4.97. The van der Waals surface area contributed by atoms with E-state index in [9.17, 15) is 4.79 Å². The van der Waals surface area contributed by atoms with Crippen LogP contribution in [0.2, 0.25) is 0 Å². The molecule has 1 amide bonds. The first kappa shape index (κ1) is 12.9. The van der Waals surface area contributed by atoms with Crippen LogP contribution in [-0.2, 0) is 13.6 Å². The van der Waals surface area contributed by atoms with E-state index >= 15 is 0 Å². The number of carbonyl (C=O) groups is 1. The molecule has 1 N–H and O–H groups in total. The Bertz CT molecular complexity index is 586. The van der Waals surface area contributed by atoms with Gasteiger partial charge in [0.25, 0.3) is 5.91 Å². The molecule has 0 fully saturated rings. The van der Waals surface area contributed by atoms with E-state index in [0.29, 0.717) is 16.8 Å². The largest absolute Gasteiger partial charge is 0.457 e. The molecule has 96 valence electrons. The zero-order valence-corrected chi connectivity index (χ0v) is 12.0. The molecule has 2 aromatic heterocycles. The molecular weight excluding hydrogens is 298 g/mol. The maximum atomic E-state index is 11.9. The summed E-state index contributed by atoms with van der Waals surface area (Å²) in [5, 5.41) is 7.16. The molecule has 5 nitrogen and oxygen atoms in total. The average molecular weight is 312 g/mol. The van der Waals surface area contributed by atoms with Crippen LogP contribution < -0.4 is 5.32 Å². The zero-order valence-electron chi connectivity index (χ0n) is 10.5. The van der Waals surface area contributed by atoms with Gasteiger partial charge in [-0.3, -0.25) is 9.48 Å². The van der Waals surface area contributed by atoms with Gasteiger partial charge in [0.05, 0.1) is 17.5 Å². The van der Waals surface area contributed by atoms with Crippen molar-refractivity contribution < 1.29 is 9.21 Å². The number of hydrogen-bond donors (Lipinski definition) is 1. The summed E-state index contributed by atoms with van der Waals surface area (Å²) < 4.78 is 7.28. The number of hydrogen-bond acceptors (Lipinski definition) is 3. The van der Waals surface area contributed by atoms with E-state index in [-0.39, 0.29) is 5.91 Å². The summed E-state index contributed by atoms with van der Waals surface area (Å²) in [7, 11) is 1.89. The molecule has 18 heavy (non-hydrogen) atoms. The number of aryl methyl sites for hydroxylation is 2. The van der Waals surface area contributed by atoms with E-state index in [1.807, 2.05) is 25.6 Å². The lowest BCUT2D eigenvalue weighted by atomic mass is 10.2. The topological polar surface area (TPSA) is 60.1 Å². The van der Waals surface area contributed by atoms with Gasteiger partial charge in [-0.05, 0) is 35.8 Å². The molecule has 0 atom stereocenters. The van der Waals surface area contributed by atoms with Crippen LogP contribution in [0.25, 0.3) is 0 Å². The van der Waals surface area contributed by atoms with Crippen LogP contribution in [0.4, 0.5) is 0 Å². The van der Waals surface area contributed by atoms with Gasteiger partial charge in [-0.25, -0.2) is 0 Å². The lowest BCUT2D eigenvalue weighted by molar-refractivity contribution is 0.0949. The average Bonchev–Trinajstić information content (AvgIpc) is 2.83. The van der Waals surface area contributed by atoms with Gasteiger partial charge < -0.3 is 9.73 Å². The van der Waals surface area contributed by atoms with Crippen molar-refractivity contribution in [2.24, 2.45) is 7.05 Å². The predicted molar refractivity (Wildman–Crippen MR) is 70.3 cm³/mol. The zero-order chi connectivity index (χ0) is 13.3. The van der Waals surface area contributed by atoms with Crippen LogP contribution in [0.1, 0.15) is 27.3 Å². The van der Waals surface area contributed by atoms with Crippen molar-refractivity contribution in [3.05, 3.63) is 39.5 Å². The van der Waals surface area contributed by atoms with Crippen LogP contribution in [0, 0.1) is 13.8 Å². The minimum atomic E-state index is -0.168. The van der Waals surface area contributed by atoms with Gasteiger partial charge in [0.1, 0.15) is 0 Å². The maximum Gasteiger partial charge on any atom is 0.256 e. The normalized spacial score (nSPS) is 10.7. The van der Waals surface area contributed by atoms with Crippen LogP contribution in [-0.4, -0.2) is 15.7 Å². The highest BCUT2D eigenvalue weighted by molar-refractivity contribution is 9.10. The minimum Gasteiger partial charge on any atom is -0.457 e. The first-order chi connectivity index (χ1) is 8.50. The number of furan rings is 1. The molecule has 0 saturated carbocycles. The molecule has 0 aliphatic carbocycles. The van der Waals surface area contributed by atoms with Gasteiger partial charge in [0, 0.05) is 24.8 Å². The quantitative estimate of drug-likeness (QED) is 0.946. The highest BCUT2D eigenvalue weighted by Crippen LogP contribution is 2.18. The molecular formula is C12H14BrN3O2. The monoisotopic (exact) mass is 311 g/mol. The minimum absolute atomic E-state index is 0.168. The van der Waals surface area contributed by atoms with Crippen molar-refractivity contribution in [2.45, 2.75) is 20.4 Å². The molecule has 0 saturated heterocycles. The SMILES string of the molecule is Cc1nn(C)c(C)c1CNC(=O)c1ccoc1Br. The number of carbonyl (C=O) groups excluding carboxylic acids is 1. The van der Waals surface area contributed by atoms with Gasteiger partial charge in [0.15, 0.2) is 4.67 Å². The Morgan fingerprint density at radius 1 is 1.56 bits per heavy atom. The fraction of sp³-hybridized carbons (Fsp3) is 0.333. The molecule has 0 aliphatic rings. The Kier molecular flexibility index (Phi) is 3.56. The summed E-state index contributed by atoms with van der Waals surface area (Å²) >= 11 is 3.18. The molecule has 2 heterocycles. The maximum absolute atomic E-state index is 11.9. The number of amides is 1. The fourth-order valence-electron chi connectivity index (χ4n) is 1.79. The third-order valence-electron chi connectivity index (χ3n) is 2.95. The van der Waals surface area contributed by atoms with Crippen LogP contribution in [0.3, 0.4) is 0 Å². The smallest absolute Gasteiger partial charge is 0.256 e. The number of nitrogens with one attached hydrogen (secondary N) is 1. The van der Waals surface area contributed by atoms with Crippen molar-refractivity contribution in [3.8, 4) is 0 Å². The van der Waals surface area contributed by atoms with Gasteiger partial charge in [-0.15, -0.1) is 0 Å². The fourth-order valence-corrected chi connectivity index (χ4v) is 2.21. The molecule has 0 aromatic carbocycles. The molecule has 2 rings (SSSR count). The Hall–Kier alpha value is -1.56. The third kappa shape index (κ3) is 2.33. The number of aromatic nitrogens is 2. The van der Waals surface area contributed by atoms with E-state index in [1.54, 1.807) is 6.07 Å². The number of nitrogens with zero attached hydrogens (tertiary/aromatic N) is 2. The second-order valence-corrected chi connectivity index (χ2v) is 4.78. The summed E-state index contributed by atoms with van der Waals surface area (Å²) in [6.45, 7) is 4.37. The molecule has 0 bridgehead atoms. The van der Waals surface area contributed by atoms with Crippen molar-refractivity contribution in [2.75, 3.05) is 0 Å². The van der Waals surface area contributed by atoms with E-state index < -0.39 is 0 Å². The number of halogens is 1. The third-order valence-corrected chi connectivity index (χ3v) is 3.56. The highest BCUT2D eigenvalue weighted by Gasteiger charge is 2.14. The van der Waals surface area contributed by atoms with E-state index in [4.69, 9.17) is 4.42 Å². The van der Waals surface area contributed by atoms with Crippen molar-refractivity contribution in [1.29, 1.82) is 0 Å². The Morgan fingerprint density at radius 3 is 2.78 bits per heavy atom. The van der Waals surface area contributed by atoms with Crippen molar-refractivity contribution >= 4 is 21.8 Å². The predicted octanol–water partition coefficient (Wildman–Crippen LogP) is 2.32. The van der Waals surface area contributed by atoms with Crippen LogP contribution in [0.5, 0.6) is 0 Å². The molecule has 0 radical (unpaired) electrons. The van der Waals surface area contributed by atoms with Crippen LogP contribution >= 0.6 is 15.9 Å². The molecule has 0 aliphatic heterocycles. The number of rotatable bonds is 3. The van der Waals surface area contributed by atoms with Crippen LogP contribution in [0.15, 0.2) is 21.4 Å². The standard InChI is InChI=1S/C12H14BrN3O2/c1-7-10(8(2)16(3)15-7)6-14-12(17)9-4-5-18-11(9)13/h4-5H,6H2,1-3H3,(H,14,17). The van der Waals surface area contributed by atoms with E-state index in [1.165, 1.54) is 6.26 Å². The second-order valence-electron chi connectivity index (χ2n) is 4.06. The Labute approximate surface area is 113 Å². The van der Waals surface area contributed by atoms with E-state index in [0.717, 1.165) is 17.0 Å². The molecule has 2 aromatic rings. The summed E-state index contributed by atoms with van der Waals surface area (Å²) in [5.41, 5.74) is 3.53. The molecule has 0 unspecified atom stereocenters. The molecule has 6 heteroatoms.